The molecule has 12 heteroatoms. The number of carbonyl (C=O) groups is 3. The molecule has 40 heavy (non-hydrogen) atoms. The Kier molecular flexibility index (Phi) is 9.01. The molecule has 1 aromatic rings. The summed E-state index contributed by atoms with van der Waals surface area (Å²) in [6.07, 6.45) is 0.831. The van der Waals surface area contributed by atoms with Crippen LogP contribution in [0.3, 0.4) is 0 Å². The Balaban J connectivity index is 1.53. The largest absolute Gasteiger partial charge is 0.493 e. The zero-order chi connectivity index (χ0) is 28.2. The first-order valence-electron chi connectivity index (χ1n) is 13.8. The van der Waals surface area contributed by atoms with Crippen LogP contribution in [0.5, 0.6) is 11.5 Å². The number of amides is 2. The number of fused-ring (bicyclic) bond motifs is 3. The Labute approximate surface area is 232 Å². The third-order valence-electron chi connectivity index (χ3n) is 8.09. The van der Waals surface area contributed by atoms with Gasteiger partial charge in [0.05, 0.1) is 51.4 Å². The molecule has 1 unspecified atom stereocenters. The van der Waals surface area contributed by atoms with E-state index in [0.29, 0.717) is 80.4 Å². The van der Waals surface area contributed by atoms with Crippen LogP contribution in [0.4, 0.5) is 0 Å². The molecular weight excluding hydrogens is 522 g/mol. The van der Waals surface area contributed by atoms with Gasteiger partial charge in [0.2, 0.25) is 11.8 Å². The molecule has 5 atom stereocenters. The van der Waals surface area contributed by atoms with Gasteiger partial charge in [-0.3, -0.25) is 19.3 Å². The molecule has 4 aliphatic rings. The minimum absolute atomic E-state index is 0.0330. The van der Waals surface area contributed by atoms with E-state index < -0.39 is 30.1 Å². The van der Waals surface area contributed by atoms with Crippen molar-refractivity contribution in [1.29, 1.82) is 0 Å². The number of aliphatic hydroxyl groups is 2. The van der Waals surface area contributed by atoms with Gasteiger partial charge in [0.15, 0.2) is 11.5 Å². The second-order valence-corrected chi connectivity index (χ2v) is 10.4. The molecule has 3 aliphatic heterocycles. The monoisotopic (exact) mass is 559 g/mol. The summed E-state index contributed by atoms with van der Waals surface area (Å²) in [4.78, 5) is 42.8. The molecule has 5 rings (SSSR count). The van der Waals surface area contributed by atoms with Crippen molar-refractivity contribution in [1.82, 2.24) is 15.1 Å². The third-order valence-corrected chi connectivity index (χ3v) is 8.09. The number of nitrogens with one attached hydrogen (secondary N) is 1. The smallest absolute Gasteiger partial charge is 0.247 e. The first kappa shape index (κ1) is 28.5. The number of benzene rings is 1. The van der Waals surface area contributed by atoms with Crippen molar-refractivity contribution in [3.05, 3.63) is 34.9 Å². The molecule has 2 fully saturated rings. The zero-order valence-corrected chi connectivity index (χ0v) is 22.6. The van der Waals surface area contributed by atoms with Crippen molar-refractivity contribution in [2.45, 2.75) is 30.6 Å². The number of carbonyl (C=O) groups excluding carboxylic acids is 3. The molecule has 0 bridgehead atoms. The highest BCUT2D eigenvalue weighted by molar-refractivity contribution is 5.96. The van der Waals surface area contributed by atoms with Crippen LogP contribution in [0, 0.1) is 5.92 Å². The van der Waals surface area contributed by atoms with E-state index in [4.69, 9.17) is 18.9 Å². The van der Waals surface area contributed by atoms with Gasteiger partial charge in [-0.25, -0.2) is 0 Å². The van der Waals surface area contributed by atoms with Crippen molar-refractivity contribution in [2.75, 3.05) is 72.9 Å². The van der Waals surface area contributed by atoms with Crippen molar-refractivity contribution >= 4 is 18.1 Å². The van der Waals surface area contributed by atoms with E-state index in [2.05, 4.69) is 10.2 Å². The van der Waals surface area contributed by atoms with E-state index in [1.807, 2.05) is 0 Å². The molecule has 3 N–H and O–H groups in total. The fraction of sp³-hybridized carbons (Fsp3) is 0.607. The van der Waals surface area contributed by atoms with Crippen LogP contribution in [0.1, 0.15) is 28.3 Å². The van der Waals surface area contributed by atoms with Gasteiger partial charge in [-0.15, -0.1) is 0 Å². The van der Waals surface area contributed by atoms with Crippen LogP contribution in [-0.4, -0.2) is 129 Å². The predicted octanol–water partition coefficient (Wildman–Crippen LogP) is -0.672. The summed E-state index contributed by atoms with van der Waals surface area (Å²) in [6, 6.07) is 2.32. The number of morpholine rings is 1. The minimum atomic E-state index is -1.17. The van der Waals surface area contributed by atoms with Gasteiger partial charge in [0.1, 0.15) is 18.5 Å². The molecule has 0 aromatic heterocycles. The number of aldehydes is 1. The van der Waals surface area contributed by atoms with Crippen LogP contribution in [0.25, 0.3) is 0 Å². The number of methoxy groups -OCH3 is 1. The summed E-state index contributed by atoms with van der Waals surface area (Å²) in [6.45, 7) is 4.23. The lowest BCUT2D eigenvalue weighted by molar-refractivity contribution is -0.141. The van der Waals surface area contributed by atoms with E-state index in [0.717, 1.165) is 13.1 Å². The number of rotatable bonds is 10. The highest BCUT2D eigenvalue weighted by Crippen LogP contribution is 2.51. The van der Waals surface area contributed by atoms with Crippen LogP contribution in [0.2, 0.25) is 0 Å². The van der Waals surface area contributed by atoms with E-state index in [1.54, 1.807) is 23.1 Å². The van der Waals surface area contributed by atoms with Crippen molar-refractivity contribution in [2.24, 2.45) is 5.92 Å². The lowest BCUT2D eigenvalue weighted by Crippen LogP contribution is -2.58. The summed E-state index contributed by atoms with van der Waals surface area (Å²) in [7, 11) is 1.45. The van der Waals surface area contributed by atoms with Crippen LogP contribution in [-0.2, 0) is 19.1 Å². The van der Waals surface area contributed by atoms with Crippen molar-refractivity contribution < 1.29 is 43.5 Å². The molecule has 2 amide bonds. The molecule has 0 spiro atoms. The maximum Gasteiger partial charge on any atom is 0.247 e. The van der Waals surface area contributed by atoms with Gasteiger partial charge in [-0.1, -0.05) is 0 Å². The molecular formula is C28H37N3O9. The summed E-state index contributed by atoms with van der Waals surface area (Å²) in [5.41, 5.74) is 1.18. The molecule has 1 aliphatic carbocycles. The molecule has 218 valence electrons. The maximum absolute atomic E-state index is 13.8. The summed E-state index contributed by atoms with van der Waals surface area (Å²) >= 11 is 0. The summed E-state index contributed by atoms with van der Waals surface area (Å²) in [5.74, 6) is -0.977. The molecule has 0 radical (unpaired) electrons. The number of hydrogen-bond acceptors (Lipinski definition) is 10. The van der Waals surface area contributed by atoms with Crippen LogP contribution in [0.15, 0.2) is 23.8 Å². The second kappa shape index (κ2) is 12.6. The number of nitrogens with zero attached hydrogens (tertiary/aromatic N) is 2. The van der Waals surface area contributed by atoms with E-state index in [1.165, 1.54) is 7.11 Å². The highest BCUT2D eigenvalue weighted by Gasteiger charge is 2.52. The fourth-order valence-electron chi connectivity index (χ4n) is 6.00. The Morgan fingerprint density at radius 1 is 1.23 bits per heavy atom. The lowest BCUT2D eigenvalue weighted by atomic mass is 9.77. The van der Waals surface area contributed by atoms with Gasteiger partial charge in [-0.2, -0.15) is 0 Å². The van der Waals surface area contributed by atoms with Gasteiger partial charge < -0.3 is 39.4 Å². The summed E-state index contributed by atoms with van der Waals surface area (Å²) in [5, 5.41) is 23.8. The van der Waals surface area contributed by atoms with E-state index in [-0.39, 0.29) is 25.0 Å². The minimum Gasteiger partial charge on any atom is -0.493 e. The molecule has 3 heterocycles. The van der Waals surface area contributed by atoms with E-state index >= 15 is 0 Å². The van der Waals surface area contributed by atoms with E-state index in [9.17, 15) is 24.6 Å². The van der Waals surface area contributed by atoms with Crippen molar-refractivity contribution in [3.8, 4) is 11.5 Å². The highest BCUT2D eigenvalue weighted by atomic mass is 16.5. The molecule has 1 aromatic carbocycles. The maximum atomic E-state index is 13.8. The molecule has 0 saturated carbocycles. The van der Waals surface area contributed by atoms with Gasteiger partial charge in [0, 0.05) is 56.0 Å². The summed E-state index contributed by atoms with van der Waals surface area (Å²) < 4.78 is 22.7. The van der Waals surface area contributed by atoms with Gasteiger partial charge >= 0.3 is 0 Å². The quantitative estimate of drug-likeness (QED) is 0.315. The normalized spacial score (nSPS) is 27.7. The first-order chi connectivity index (χ1) is 19.5. The predicted molar refractivity (Wildman–Crippen MR) is 141 cm³/mol. The van der Waals surface area contributed by atoms with Gasteiger partial charge in [-0.05, 0) is 24.6 Å². The zero-order valence-electron chi connectivity index (χ0n) is 22.6. The van der Waals surface area contributed by atoms with Gasteiger partial charge in [0.25, 0.3) is 0 Å². The topological polar surface area (TPSA) is 147 Å². The first-order valence-corrected chi connectivity index (χ1v) is 13.8. The Bertz CT molecular complexity index is 1130. The standard InChI is InChI=1S/C28H37N3O9/c1-37-22-13-17(15-33)12-19-23-20(27(35)29-3-8-32)14-21(24(34)26(23)40-25(19)22)31(28(36)18-2-9-39-16-18)5-4-30-6-10-38-11-7-30/h12-15,18,21,23-24,26,32,34H,2-11,16H2,1H3,(H,29,35)/t18?,21-,23+,24+,26+/m1/s1. The molecule has 12 nitrogen and oxygen atoms in total. The number of aliphatic hydroxyl groups excluding tert-OH is 2. The number of ether oxygens (including phenoxy) is 4. The Morgan fingerprint density at radius 2 is 2.02 bits per heavy atom. The molecule has 2 saturated heterocycles. The number of hydrogen-bond donors (Lipinski definition) is 3. The second-order valence-electron chi connectivity index (χ2n) is 10.4. The Morgan fingerprint density at radius 3 is 2.70 bits per heavy atom. The lowest BCUT2D eigenvalue weighted by Gasteiger charge is -2.42. The average Bonchev–Trinajstić information content (AvgIpc) is 3.66. The van der Waals surface area contributed by atoms with Crippen LogP contribution >= 0.6 is 0 Å². The Hall–Kier alpha value is -3.03. The average molecular weight is 560 g/mol. The van der Waals surface area contributed by atoms with Crippen molar-refractivity contribution in [3.63, 3.8) is 0 Å². The third kappa shape index (κ3) is 5.59. The SMILES string of the molecule is COc1cc(C=O)cc2c1O[C@@H]1[C@@H](O)[C@H](N(CCN3CCOCC3)C(=O)C3CCOC3)C=C(C(=O)NCCO)[C@H]21. The fourth-order valence-corrected chi connectivity index (χ4v) is 6.00. The van der Waals surface area contributed by atoms with Crippen LogP contribution < -0.4 is 14.8 Å².